The van der Waals surface area contributed by atoms with Crippen molar-refractivity contribution in [1.29, 1.82) is 0 Å². The van der Waals surface area contributed by atoms with Crippen LogP contribution in [0.3, 0.4) is 0 Å². The van der Waals surface area contributed by atoms with Gasteiger partial charge in [0.1, 0.15) is 23.3 Å². The fourth-order valence-corrected chi connectivity index (χ4v) is 5.29. The van der Waals surface area contributed by atoms with Gasteiger partial charge in [0.05, 0.1) is 19.8 Å². The number of nitrogens with zero attached hydrogens (tertiary/aromatic N) is 1. The summed E-state index contributed by atoms with van der Waals surface area (Å²) in [5, 5.41) is 3.46. The van der Waals surface area contributed by atoms with Gasteiger partial charge < -0.3 is 9.47 Å². The van der Waals surface area contributed by atoms with E-state index in [9.17, 15) is 22.8 Å². The molecule has 37 heavy (non-hydrogen) atoms. The molecule has 1 unspecified atom stereocenters. The molecular weight excluding hydrogens is 500 g/mol. The molecule has 0 aliphatic carbocycles. The molecule has 4 rings (SSSR count). The topological polar surface area (TPSA) is 130 Å². The van der Waals surface area contributed by atoms with Crippen molar-refractivity contribution >= 4 is 32.7 Å². The van der Waals surface area contributed by atoms with E-state index < -0.39 is 22.1 Å². The molecule has 1 atom stereocenters. The van der Waals surface area contributed by atoms with E-state index in [0.717, 1.165) is 5.56 Å². The molecule has 1 fully saturated rings. The van der Waals surface area contributed by atoms with Gasteiger partial charge >= 0.3 is 10.1 Å². The van der Waals surface area contributed by atoms with Gasteiger partial charge in [-0.2, -0.15) is 8.42 Å². The number of imide groups is 1. The van der Waals surface area contributed by atoms with E-state index in [1.807, 2.05) is 13.0 Å². The molecule has 0 bridgehead atoms. The number of hydrogen-bond donors (Lipinski definition) is 1. The van der Waals surface area contributed by atoms with E-state index >= 15 is 0 Å². The summed E-state index contributed by atoms with van der Waals surface area (Å²) in [6.07, 6.45) is 0.344. The van der Waals surface area contributed by atoms with Crippen molar-refractivity contribution in [1.82, 2.24) is 9.88 Å². The number of ether oxygens (including phenoxy) is 2. The van der Waals surface area contributed by atoms with Crippen LogP contribution in [-0.4, -0.2) is 44.6 Å². The second-order valence-electron chi connectivity index (χ2n) is 8.58. The minimum atomic E-state index is -3.96. The van der Waals surface area contributed by atoms with Crippen LogP contribution in [0.15, 0.2) is 58.2 Å². The highest BCUT2D eigenvalue weighted by atomic mass is 32.2. The fourth-order valence-electron chi connectivity index (χ4n) is 4.25. The van der Waals surface area contributed by atoms with E-state index in [1.54, 1.807) is 43.3 Å². The van der Waals surface area contributed by atoms with Crippen LogP contribution < -0.4 is 15.6 Å². The first-order valence-corrected chi connectivity index (χ1v) is 13.3. The number of hydrogen-bond acceptors (Lipinski definition) is 8. The van der Waals surface area contributed by atoms with Crippen LogP contribution in [0, 0.1) is 6.92 Å². The average molecular weight is 529 g/mol. The number of carbonyl (C=O) groups excluding carboxylic acids is 2. The minimum Gasteiger partial charge on any atom is -0.490 e. The first-order valence-electron chi connectivity index (χ1n) is 11.9. The summed E-state index contributed by atoms with van der Waals surface area (Å²) in [4.78, 5) is 37.4. The lowest BCUT2D eigenvalue weighted by atomic mass is 10.0. The van der Waals surface area contributed by atoms with Crippen LogP contribution in [0.4, 0.5) is 0 Å². The Morgan fingerprint density at radius 3 is 2.59 bits per heavy atom. The van der Waals surface area contributed by atoms with Gasteiger partial charge in [-0.25, -0.2) is 0 Å². The Morgan fingerprint density at radius 1 is 1.05 bits per heavy atom. The normalized spacial score (nSPS) is 16.1. The highest BCUT2D eigenvalue weighted by Crippen LogP contribution is 2.27. The fraction of sp³-hybridized carbons (Fsp3) is 0.346. The van der Waals surface area contributed by atoms with Crippen molar-refractivity contribution in [3.8, 4) is 5.75 Å². The quantitative estimate of drug-likeness (QED) is 0.241. The SMILES string of the molecule is CCOS(=O)(=O)c1ccc(C)cc1OCCOCc1cc2ccccc2c(=O)n1C1CCC(=O)NC1=O. The Labute approximate surface area is 214 Å². The predicted octanol–water partition coefficient (Wildman–Crippen LogP) is 2.61. The summed E-state index contributed by atoms with van der Waals surface area (Å²) >= 11 is 0. The molecule has 196 valence electrons. The zero-order chi connectivity index (χ0) is 26.6. The van der Waals surface area contributed by atoms with Crippen LogP contribution in [-0.2, 0) is 35.2 Å². The number of carbonyl (C=O) groups is 2. The monoisotopic (exact) mass is 528 g/mol. The molecule has 1 aliphatic heterocycles. The van der Waals surface area contributed by atoms with Crippen molar-refractivity contribution in [3.63, 3.8) is 0 Å². The Balaban J connectivity index is 1.51. The smallest absolute Gasteiger partial charge is 0.300 e. The van der Waals surface area contributed by atoms with Gasteiger partial charge in [0.25, 0.3) is 5.56 Å². The zero-order valence-electron chi connectivity index (χ0n) is 20.6. The third kappa shape index (κ3) is 5.90. The third-order valence-corrected chi connectivity index (χ3v) is 7.36. The number of aryl methyl sites for hydroxylation is 1. The summed E-state index contributed by atoms with van der Waals surface area (Å²) in [5.74, 6) is -0.740. The maximum Gasteiger partial charge on any atom is 0.300 e. The van der Waals surface area contributed by atoms with Gasteiger partial charge in [0, 0.05) is 17.5 Å². The molecule has 1 saturated heterocycles. The molecule has 2 aromatic carbocycles. The first kappa shape index (κ1) is 26.5. The number of aromatic nitrogens is 1. The molecule has 3 aromatic rings. The second-order valence-corrected chi connectivity index (χ2v) is 10.2. The molecule has 0 spiro atoms. The van der Waals surface area contributed by atoms with Crippen molar-refractivity contribution in [3.05, 3.63) is 70.1 Å². The molecule has 1 aliphatic rings. The molecule has 2 amide bonds. The molecule has 2 heterocycles. The minimum absolute atomic E-state index is 0.000597. The van der Waals surface area contributed by atoms with Crippen molar-refractivity contribution in [2.24, 2.45) is 0 Å². The number of amides is 2. The Bertz CT molecular complexity index is 1500. The predicted molar refractivity (Wildman–Crippen MR) is 135 cm³/mol. The lowest BCUT2D eigenvalue weighted by Crippen LogP contribution is -2.45. The number of rotatable bonds is 10. The largest absolute Gasteiger partial charge is 0.490 e. The number of benzene rings is 2. The maximum absolute atomic E-state index is 13.3. The lowest BCUT2D eigenvalue weighted by molar-refractivity contribution is -0.135. The van der Waals surface area contributed by atoms with E-state index in [0.29, 0.717) is 16.5 Å². The van der Waals surface area contributed by atoms with Crippen molar-refractivity contribution in [2.45, 2.75) is 44.2 Å². The Kier molecular flexibility index (Phi) is 8.06. The van der Waals surface area contributed by atoms with Crippen molar-refractivity contribution < 1.29 is 31.7 Å². The average Bonchev–Trinajstić information content (AvgIpc) is 2.85. The highest BCUT2D eigenvalue weighted by Gasteiger charge is 2.30. The molecule has 0 radical (unpaired) electrons. The Hall–Kier alpha value is -3.54. The number of piperidine rings is 1. The van der Waals surface area contributed by atoms with E-state index in [-0.39, 0.29) is 61.4 Å². The van der Waals surface area contributed by atoms with Gasteiger partial charge in [0.2, 0.25) is 11.8 Å². The van der Waals surface area contributed by atoms with Crippen LogP contribution in [0.25, 0.3) is 10.8 Å². The summed E-state index contributed by atoms with van der Waals surface area (Å²) < 4.78 is 42.5. The standard InChI is InChI=1S/C26H28N2O8S/c1-3-36-37(32,33)23-10-8-17(2)14-22(23)35-13-12-34-16-19-15-18-6-4-5-7-20(18)26(31)28(19)21-9-11-24(29)27-25(21)30/h4-8,10,14-15,21H,3,9,11-13,16H2,1-2H3,(H,27,29,30). The lowest BCUT2D eigenvalue weighted by Gasteiger charge is -2.26. The molecule has 1 N–H and O–H groups in total. The maximum atomic E-state index is 13.3. The number of fused-ring (bicyclic) bond motifs is 1. The summed E-state index contributed by atoms with van der Waals surface area (Å²) in [5.41, 5.74) is 0.956. The summed E-state index contributed by atoms with van der Waals surface area (Å²) in [7, 11) is -3.96. The first-order chi connectivity index (χ1) is 17.7. The summed E-state index contributed by atoms with van der Waals surface area (Å²) in [6.45, 7) is 3.51. The Morgan fingerprint density at radius 2 is 1.84 bits per heavy atom. The van der Waals surface area contributed by atoms with Gasteiger partial charge in [-0.1, -0.05) is 24.3 Å². The molecule has 1 aromatic heterocycles. The number of pyridine rings is 1. The van der Waals surface area contributed by atoms with Crippen LogP contribution in [0.5, 0.6) is 5.75 Å². The highest BCUT2D eigenvalue weighted by molar-refractivity contribution is 7.86. The molecule has 10 nitrogen and oxygen atoms in total. The molecule has 0 saturated carbocycles. The van der Waals surface area contributed by atoms with Gasteiger partial charge in [-0.3, -0.25) is 28.5 Å². The van der Waals surface area contributed by atoms with Crippen LogP contribution in [0.1, 0.15) is 37.1 Å². The van der Waals surface area contributed by atoms with Gasteiger partial charge in [0.15, 0.2) is 0 Å². The van der Waals surface area contributed by atoms with Crippen molar-refractivity contribution in [2.75, 3.05) is 19.8 Å². The van der Waals surface area contributed by atoms with Crippen LogP contribution in [0.2, 0.25) is 0 Å². The van der Waals surface area contributed by atoms with Gasteiger partial charge in [-0.15, -0.1) is 0 Å². The van der Waals surface area contributed by atoms with E-state index in [4.69, 9.17) is 13.7 Å². The number of nitrogens with one attached hydrogen (secondary N) is 1. The van der Waals surface area contributed by atoms with E-state index in [1.165, 1.54) is 10.6 Å². The van der Waals surface area contributed by atoms with Gasteiger partial charge in [-0.05, 0) is 55.5 Å². The third-order valence-electron chi connectivity index (χ3n) is 5.94. The van der Waals surface area contributed by atoms with E-state index in [2.05, 4.69) is 5.32 Å². The summed E-state index contributed by atoms with van der Waals surface area (Å²) in [6, 6.07) is 12.7. The van der Waals surface area contributed by atoms with Crippen LogP contribution >= 0.6 is 0 Å². The second kappa shape index (κ2) is 11.2. The molecular formula is C26H28N2O8S. The molecule has 11 heteroatoms. The zero-order valence-corrected chi connectivity index (χ0v) is 21.4.